The van der Waals surface area contributed by atoms with Crippen molar-refractivity contribution < 1.29 is 14.7 Å². The lowest BCUT2D eigenvalue weighted by atomic mass is 9.93. The summed E-state index contributed by atoms with van der Waals surface area (Å²) in [5.74, 6) is -0.550. The molecule has 1 aliphatic heterocycles. The van der Waals surface area contributed by atoms with Crippen LogP contribution < -0.4 is 0 Å². The van der Waals surface area contributed by atoms with Crippen LogP contribution in [0.5, 0.6) is 0 Å². The lowest BCUT2D eigenvalue weighted by Crippen LogP contribution is -2.38. The maximum absolute atomic E-state index is 12.7. The summed E-state index contributed by atoms with van der Waals surface area (Å²) in [6, 6.07) is 3.99. The van der Waals surface area contributed by atoms with Gasteiger partial charge >= 0.3 is 5.97 Å². The lowest BCUT2D eigenvalue weighted by molar-refractivity contribution is -0.138. The molecule has 1 fully saturated rings. The molecule has 1 N–H and O–H groups in total. The van der Waals surface area contributed by atoms with Crippen molar-refractivity contribution in [1.29, 1.82) is 0 Å². The summed E-state index contributed by atoms with van der Waals surface area (Å²) in [5.41, 5.74) is 0.774. The molecule has 0 saturated carbocycles. The molecule has 1 saturated heterocycles. The smallest absolute Gasteiger partial charge is 0.303 e. The van der Waals surface area contributed by atoms with E-state index in [1.165, 1.54) is 11.3 Å². The second kappa shape index (κ2) is 6.80. The number of nitrogens with zero attached hydrogens (tertiary/aromatic N) is 2. The fourth-order valence-corrected chi connectivity index (χ4v) is 4.66. The highest BCUT2D eigenvalue weighted by atomic mass is 32.1. The first kappa shape index (κ1) is 16.1. The van der Waals surface area contributed by atoms with E-state index in [4.69, 9.17) is 5.11 Å². The Morgan fingerprint density at radius 3 is 2.74 bits per heavy atom. The summed E-state index contributed by atoms with van der Waals surface area (Å²) in [7, 11) is 0. The zero-order valence-electron chi connectivity index (χ0n) is 12.8. The van der Waals surface area contributed by atoms with Crippen LogP contribution in [0.25, 0.3) is 9.88 Å². The summed E-state index contributed by atoms with van der Waals surface area (Å²) in [6.45, 7) is 3.13. The number of carbonyl (C=O) groups excluding carboxylic acids is 1. The Hall–Kier alpha value is -1.73. The molecule has 23 heavy (non-hydrogen) atoms. The number of aromatic nitrogens is 1. The normalized spacial score (nSPS) is 15.8. The third kappa shape index (κ3) is 3.61. The van der Waals surface area contributed by atoms with E-state index in [0.717, 1.165) is 28.4 Å². The van der Waals surface area contributed by atoms with Crippen LogP contribution in [0.1, 0.15) is 34.6 Å². The average Bonchev–Trinajstić information content (AvgIpc) is 3.16. The van der Waals surface area contributed by atoms with Crippen molar-refractivity contribution in [2.75, 3.05) is 13.1 Å². The standard InChI is InChI=1S/C16H18N2O3S2/c1-10-14(23-15(17-10)12-3-2-8-22-12)16(21)18-6-4-11(5-7-18)9-13(19)20/h2-3,8,11H,4-7,9H2,1H3,(H,19,20). The average molecular weight is 350 g/mol. The summed E-state index contributed by atoms with van der Waals surface area (Å²) in [4.78, 5) is 31.6. The number of carbonyl (C=O) groups is 2. The topological polar surface area (TPSA) is 70.5 Å². The number of aryl methyl sites for hydroxylation is 1. The minimum absolute atomic E-state index is 0.0246. The van der Waals surface area contributed by atoms with Gasteiger partial charge in [0, 0.05) is 19.5 Å². The van der Waals surface area contributed by atoms with Crippen molar-refractivity contribution in [3.63, 3.8) is 0 Å². The Balaban J connectivity index is 1.68. The maximum Gasteiger partial charge on any atom is 0.303 e. The Labute approximate surface area is 142 Å². The van der Waals surface area contributed by atoms with Gasteiger partial charge < -0.3 is 10.0 Å². The Bertz CT molecular complexity index is 701. The van der Waals surface area contributed by atoms with Gasteiger partial charge in [-0.2, -0.15) is 0 Å². The number of hydrogen-bond donors (Lipinski definition) is 1. The van der Waals surface area contributed by atoms with Crippen molar-refractivity contribution in [1.82, 2.24) is 9.88 Å². The molecule has 2 aromatic rings. The van der Waals surface area contributed by atoms with Gasteiger partial charge in [0.2, 0.25) is 0 Å². The van der Waals surface area contributed by atoms with Gasteiger partial charge in [-0.05, 0) is 37.1 Å². The van der Waals surface area contributed by atoms with Gasteiger partial charge in [-0.1, -0.05) is 6.07 Å². The van der Waals surface area contributed by atoms with Gasteiger partial charge in [0.25, 0.3) is 5.91 Å². The first-order chi connectivity index (χ1) is 11.0. The quantitative estimate of drug-likeness (QED) is 0.916. The molecule has 1 amide bonds. The molecule has 0 spiro atoms. The van der Waals surface area contributed by atoms with Crippen LogP contribution >= 0.6 is 22.7 Å². The van der Waals surface area contributed by atoms with Crippen molar-refractivity contribution in [3.8, 4) is 9.88 Å². The number of thiazole rings is 1. The molecule has 0 bridgehead atoms. The van der Waals surface area contributed by atoms with Crippen LogP contribution in [0.2, 0.25) is 0 Å². The molecule has 0 atom stereocenters. The van der Waals surface area contributed by atoms with Crippen LogP contribution in [0.3, 0.4) is 0 Å². The highest BCUT2D eigenvalue weighted by Gasteiger charge is 2.27. The van der Waals surface area contributed by atoms with Crippen LogP contribution in [0.4, 0.5) is 0 Å². The summed E-state index contributed by atoms with van der Waals surface area (Å²) < 4.78 is 0. The van der Waals surface area contributed by atoms with Crippen LogP contribution in [0.15, 0.2) is 17.5 Å². The highest BCUT2D eigenvalue weighted by molar-refractivity contribution is 7.22. The van der Waals surface area contributed by atoms with Gasteiger partial charge in [0.1, 0.15) is 9.88 Å². The third-order valence-electron chi connectivity index (χ3n) is 4.09. The van der Waals surface area contributed by atoms with Gasteiger partial charge in [-0.15, -0.1) is 22.7 Å². The lowest BCUT2D eigenvalue weighted by Gasteiger charge is -2.31. The summed E-state index contributed by atoms with van der Waals surface area (Å²) >= 11 is 3.06. The maximum atomic E-state index is 12.7. The van der Waals surface area contributed by atoms with E-state index < -0.39 is 5.97 Å². The molecule has 3 rings (SSSR count). The molecular formula is C16H18N2O3S2. The fourth-order valence-electron chi connectivity index (χ4n) is 2.83. The number of piperidine rings is 1. The Kier molecular flexibility index (Phi) is 4.77. The number of hydrogen-bond acceptors (Lipinski definition) is 5. The van der Waals surface area contributed by atoms with E-state index in [-0.39, 0.29) is 18.2 Å². The van der Waals surface area contributed by atoms with Gasteiger partial charge in [0.15, 0.2) is 0 Å². The van der Waals surface area contributed by atoms with Crippen LogP contribution in [0, 0.1) is 12.8 Å². The molecule has 3 heterocycles. The number of thiophene rings is 1. The number of likely N-dealkylation sites (tertiary alicyclic amines) is 1. The molecule has 1 aliphatic rings. The molecular weight excluding hydrogens is 332 g/mol. The van der Waals surface area contributed by atoms with Gasteiger partial charge in [-0.25, -0.2) is 4.98 Å². The number of carboxylic acid groups (broad SMARTS) is 1. The summed E-state index contributed by atoms with van der Waals surface area (Å²) in [5, 5.41) is 11.8. The van der Waals surface area contributed by atoms with Gasteiger partial charge in [-0.3, -0.25) is 9.59 Å². The van der Waals surface area contributed by atoms with E-state index in [1.807, 2.05) is 29.3 Å². The first-order valence-corrected chi connectivity index (χ1v) is 9.26. The SMILES string of the molecule is Cc1nc(-c2cccs2)sc1C(=O)N1CCC(CC(=O)O)CC1. The van der Waals surface area contributed by atoms with Crippen molar-refractivity contribution in [2.24, 2.45) is 5.92 Å². The van der Waals surface area contributed by atoms with E-state index in [0.29, 0.717) is 18.0 Å². The number of carboxylic acids is 1. The fraction of sp³-hybridized carbons (Fsp3) is 0.438. The second-order valence-electron chi connectivity index (χ2n) is 5.74. The molecule has 0 aliphatic carbocycles. The molecule has 7 heteroatoms. The van der Waals surface area contributed by atoms with E-state index in [9.17, 15) is 9.59 Å². The Morgan fingerprint density at radius 2 is 2.13 bits per heavy atom. The number of amides is 1. The molecule has 2 aromatic heterocycles. The van der Waals surface area contributed by atoms with E-state index >= 15 is 0 Å². The number of aliphatic carboxylic acids is 1. The second-order valence-corrected chi connectivity index (χ2v) is 7.69. The first-order valence-electron chi connectivity index (χ1n) is 7.57. The van der Waals surface area contributed by atoms with Crippen molar-refractivity contribution in [3.05, 3.63) is 28.1 Å². The van der Waals surface area contributed by atoms with E-state index in [1.54, 1.807) is 11.3 Å². The zero-order chi connectivity index (χ0) is 16.4. The Morgan fingerprint density at radius 1 is 1.39 bits per heavy atom. The molecule has 122 valence electrons. The largest absolute Gasteiger partial charge is 0.481 e. The van der Waals surface area contributed by atoms with Crippen molar-refractivity contribution in [2.45, 2.75) is 26.2 Å². The molecule has 5 nitrogen and oxygen atoms in total. The summed E-state index contributed by atoms with van der Waals surface area (Å²) in [6.07, 6.45) is 1.71. The monoisotopic (exact) mass is 350 g/mol. The predicted octanol–water partition coefficient (Wildman–Crippen LogP) is 3.51. The van der Waals surface area contributed by atoms with Gasteiger partial charge in [0.05, 0.1) is 10.6 Å². The molecule has 0 unspecified atom stereocenters. The minimum Gasteiger partial charge on any atom is -0.481 e. The van der Waals surface area contributed by atoms with Crippen molar-refractivity contribution >= 4 is 34.6 Å². The highest BCUT2D eigenvalue weighted by Crippen LogP contribution is 2.32. The van der Waals surface area contributed by atoms with Crippen LogP contribution in [-0.2, 0) is 4.79 Å². The third-order valence-corrected chi connectivity index (χ3v) is 6.27. The predicted molar refractivity (Wildman–Crippen MR) is 91.0 cm³/mol. The van der Waals surface area contributed by atoms with Crippen LogP contribution in [-0.4, -0.2) is 40.0 Å². The zero-order valence-corrected chi connectivity index (χ0v) is 14.5. The van der Waals surface area contributed by atoms with E-state index in [2.05, 4.69) is 4.98 Å². The molecule has 0 aromatic carbocycles. The molecule has 0 radical (unpaired) electrons. The number of rotatable bonds is 4. The minimum atomic E-state index is -0.756.